The summed E-state index contributed by atoms with van der Waals surface area (Å²) in [7, 11) is 0. The molecule has 6 nitrogen and oxygen atoms in total. The van der Waals surface area contributed by atoms with E-state index in [1.54, 1.807) is 0 Å². The van der Waals surface area contributed by atoms with E-state index >= 15 is 0 Å². The molecule has 1 aliphatic heterocycles. The second-order valence-electron chi connectivity index (χ2n) is 5.42. The monoisotopic (exact) mass is 303 g/mol. The summed E-state index contributed by atoms with van der Waals surface area (Å²) >= 11 is 0. The number of carbonyl (C=O) groups excluding carboxylic acids is 1. The van der Waals surface area contributed by atoms with Gasteiger partial charge in [-0.25, -0.2) is 4.98 Å². The van der Waals surface area contributed by atoms with Crippen LogP contribution in [0.1, 0.15) is 12.2 Å². The summed E-state index contributed by atoms with van der Waals surface area (Å²) < 4.78 is 7.27. The van der Waals surface area contributed by atoms with E-state index in [9.17, 15) is 4.79 Å². The number of fused-ring (bicyclic) bond motifs is 1. The molecule has 1 aromatic carbocycles. The van der Waals surface area contributed by atoms with Gasteiger partial charge in [-0.1, -0.05) is 12.1 Å². The van der Waals surface area contributed by atoms with Gasteiger partial charge in [-0.2, -0.15) is 0 Å². The second kappa shape index (κ2) is 6.89. The number of rotatable bonds is 5. The van der Waals surface area contributed by atoms with Crippen LogP contribution in [0.15, 0.2) is 24.3 Å². The van der Waals surface area contributed by atoms with Crippen LogP contribution in [0.3, 0.4) is 0 Å². The lowest BCUT2D eigenvalue weighted by atomic mass is 10.3. The standard InChI is InChI=1S/C16H21N3O3/c20-9-3-6-15-17-13-4-1-2-5-14(13)19(15)12-16(21)18-7-10-22-11-8-18/h1-2,4-5,20H,3,6-12H2. The molecule has 2 heterocycles. The molecule has 0 radical (unpaired) electrons. The highest BCUT2D eigenvalue weighted by atomic mass is 16.5. The number of aromatic nitrogens is 2. The van der Waals surface area contributed by atoms with E-state index in [1.807, 2.05) is 33.7 Å². The van der Waals surface area contributed by atoms with Crippen LogP contribution in [-0.2, 0) is 22.5 Å². The van der Waals surface area contributed by atoms with Crippen LogP contribution in [0, 0.1) is 0 Å². The molecular formula is C16H21N3O3. The van der Waals surface area contributed by atoms with Crippen molar-refractivity contribution >= 4 is 16.9 Å². The average molecular weight is 303 g/mol. The average Bonchev–Trinajstić information content (AvgIpc) is 2.91. The minimum atomic E-state index is 0.0942. The number of morpholine rings is 1. The van der Waals surface area contributed by atoms with Gasteiger partial charge in [0.05, 0.1) is 24.2 Å². The van der Waals surface area contributed by atoms with Crippen LogP contribution in [0.4, 0.5) is 0 Å². The number of hydrogen-bond acceptors (Lipinski definition) is 4. The van der Waals surface area contributed by atoms with Gasteiger partial charge in [-0.15, -0.1) is 0 Å². The number of aliphatic hydroxyl groups is 1. The third-order valence-electron chi connectivity index (χ3n) is 3.95. The van der Waals surface area contributed by atoms with Crippen molar-refractivity contribution in [2.75, 3.05) is 32.9 Å². The van der Waals surface area contributed by atoms with E-state index in [0.717, 1.165) is 16.9 Å². The van der Waals surface area contributed by atoms with Crippen molar-refractivity contribution in [1.82, 2.24) is 14.5 Å². The van der Waals surface area contributed by atoms with Crippen molar-refractivity contribution in [1.29, 1.82) is 0 Å². The van der Waals surface area contributed by atoms with Crippen molar-refractivity contribution in [3.63, 3.8) is 0 Å². The molecule has 1 aliphatic rings. The smallest absolute Gasteiger partial charge is 0.242 e. The van der Waals surface area contributed by atoms with E-state index in [2.05, 4.69) is 4.98 Å². The first-order valence-electron chi connectivity index (χ1n) is 7.70. The molecule has 1 fully saturated rings. The van der Waals surface area contributed by atoms with Crippen molar-refractivity contribution in [2.24, 2.45) is 0 Å². The molecule has 2 aromatic rings. The van der Waals surface area contributed by atoms with Crippen LogP contribution in [0.25, 0.3) is 11.0 Å². The number of hydrogen-bond donors (Lipinski definition) is 1. The highest BCUT2D eigenvalue weighted by molar-refractivity contribution is 5.81. The number of aryl methyl sites for hydroxylation is 1. The van der Waals surface area contributed by atoms with Crippen LogP contribution in [-0.4, -0.2) is 58.4 Å². The summed E-state index contributed by atoms with van der Waals surface area (Å²) in [5.74, 6) is 0.952. The zero-order valence-electron chi connectivity index (χ0n) is 12.6. The summed E-state index contributed by atoms with van der Waals surface area (Å²) in [6, 6.07) is 7.83. The van der Waals surface area contributed by atoms with Gasteiger partial charge < -0.3 is 19.3 Å². The van der Waals surface area contributed by atoms with Gasteiger partial charge >= 0.3 is 0 Å². The Labute approximate surface area is 129 Å². The van der Waals surface area contributed by atoms with Crippen LogP contribution >= 0.6 is 0 Å². The van der Waals surface area contributed by atoms with Gasteiger partial charge in [0.1, 0.15) is 12.4 Å². The predicted molar refractivity (Wildman–Crippen MR) is 82.5 cm³/mol. The summed E-state index contributed by atoms with van der Waals surface area (Å²) in [5.41, 5.74) is 1.86. The lowest BCUT2D eigenvalue weighted by molar-refractivity contribution is -0.135. The number of aliphatic hydroxyl groups excluding tert-OH is 1. The van der Waals surface area contributed by atoms with Crippen molar-refractivity contribution in [3.05, 3.63) is 30.1 Å². The zero-order valence-corrected chi connectivity index (χ0v) is 12.6. The number of imidazole rings is 1. The van der Waals surface area contributed by atoms with E-state index < -0.39 is 0 Å². The number of carbonyl (C=O) groups is 1. The van der Waals surface area contributed by atoms with Crippen LogP contribution < -0.4 is 0 Å². The largest absolute Gasteiger partial charge is 0.396 e. The first kappa shape index (κ1) is 15.0. The fourth-order valence-corrected chi connectivity index (χ4v) is 2.78. The van der Waals surface area contributed by atoms with Gasteiger partial charge in [0, 0.05) is 26.1 Å². The molecule has 22 heavy (non-hydrogen) atoms. The number of benzene rings is 1. The number of amides is 1. The molecule has 0 bridgehead atoms. The fourth-order valence-electron chi connectivity index (χ4n) is 2.78. The van der Waals surface area contributed by atoms with E-state index in [1.165, 1.54) is 0 Å². The molecule has 6 heteroatoms. The summed E-state index contributed by atoms with van der Waals surface area (Å²) in [4.78, 5) is 19.0. The molecule has 0 spiro atoms. The van der Waals surface area contributed by atoms with Crippen molar-refractivity contribution in [2.45, 2.75) is 19.4 Å². The Balaban J connectivity index is 1.85. The molecule has 0 aliphatic carbocycles. The number of para-hydroxylation sites is 2. The molecule has 118 valence electrons. The molecule has 0 atom stereocenters. The van der Waals surface area contributed by atoms with Crippen LogP contribution in [0.5, 0.6) is 0 Å². The Morgan fingerprint density at radius 3 is 2.82 bits per heavy atom. The third-order valence-corrected chi connectivity index (χ3v) is 3.95. The lowest BCUT2D eigenvalue weighted by Gasteiger charge is -2.27. The summed E-state index contributed by atoms with van der Waals surface area (Å²) in [6.07, 6.45) is 1.32. The normalized spacial score (nSPS) is 15.4. The topological polar surface area (TPSA) is 67.6 Å². The molecule has 1 aromatic heterocycles. The molecule has 0 saturated carbocycles. The highest BCUT2D eigenvalue weighted by Crippen LogP contribution is 2.17. The van der Waals surface area contributed by atoms with E-state index in [0.29, 0.717) is 45.7 Å². The Morgan fingerprint density at radius 1 is 1.27 bits per heavy atom. The first-order chi connectivity index (χ1) is 10.8. The number of ether oxygens (including phenoxy) is 1. The summed E-state index contributed by atoms with van der Waals surface area (Å²) in [5, 5.41) is 9.05. The number of nitrogens with zero attached hydrogens (tertiary/aromatic N) is 3. The van der Waals surface area contributed by atoms with Gasteiger partial charge in [0.2, 0.25) is 5.91 Å². The summed E-state index contributed by atoms with van der Waals surface area (Å²) in [6.45, 7) is 2.93. The Bertz CT molecular complexity index is 647. The first-order valence-corrected chi connectivity index (χ1v) is 7.70. The maximum atomic E-state index is 12.5. The predicted octanol–water partition coefficient (Wildman–Crippen LogP) is 0.820. The highest BCUT2D eigenvalue weighted by Gasteiger charge is 2.19. The molecule has 3 rings (SSSR count). The Morgan fingerprint density at radius 2 is 2.05 bits per heavy atom. The molecule has 1 N–H and O–H groups in total. The minimum absolute atomic E-state index is 0.0942. The zero-order chi connectivity index (χ0) is 15.4. The molecule has 1 amide bonds. The minimum Gasteiger partial charge on any atom is -0.396 e. The van der Waals surface area contributed by atoms with E-state index in [-0.39, 0.29) is 12.5 Å². The SMILES string of the molecule is O=C(Cn1c(CCCO)nc2ccccc21)N1CCOCC1. The maximum absolute atomic E-state index is 12.5. The molecule has 1 saturated heterocycles. The van der Waals surface area contributed by atoms with Gasteiger partial charge in [-0.05, 0) is 18.6 Å². The Hall–Kier alpha value is -1.92. The Kier molecular flexibility index (Phi) is 4.70. The maximum Gasteiger partial charge on any atom is 0.242 e. The van der Waals surface area contributed by atoms with Crippen LogP contribution in [0.2, 0.25) is 0 Å². The fraction of sp³-hybridized carbons (Fsp3) is 0.500. The van der Waals surface area contributed by atoms with Gasteiger partial charge in [-0.3, -0.25) is 4.79 Å². The molecular weight excluding hydrogens is 282 g/mol. The second-order valence-corrected chi connectivity index (χ2v) is 5.42. The third kappa shape index (κ3) is 3.13. The van der Waals surface area contributed by atoms with Gasteiger partial charge in [0.25, 0.3) is 0 Å². The van der Waals surface area contributed by atoms with Crippen molar-refractivity contribution in [3.8, 4) is 0 Å². The van der Waals surface area contributed by atoms with Gasteiger partial charge in [0.15, 0.2) is 0 Å². The lowest BCUT2D eigenvalue weighted by Crippen LogP contribution is -2.42. The van der Waals surface area contributed by atoms with Crippen molar-refractivity contribution < 1.29 is 14.6 Å². The molecule has 0 unspecified atom stereocenters. The quantitative estimate of drug-likeness (QED) is 0.888. The van der Waals surface area contributed by atoms with E-state index in [4.69, 9.17) is 9.84 Å².